The SMILES string of the molecule is Cc1cc(Cc2c(F)cccc2F)cc(C2CCN(C(=O)C3CC34CCC4)CC2)n1. The van der Waals surface area contributed by atoms with E-state index in [1.165, 1.54) is 37.5 Å². The van der Waals surface area contributed by atoms with Crippen LogP contribution in [0.5, 0.6) is 0 Å². The number of likely N-dealkylation sites (tertiary alicyclic amines) is 1. The predicted octanol–water partition coefficient (Wildman–Crippen LogP) is 5.16. The fraction of sp³-hybridized carbons (Fsp3) is 0.520. The minimum Gasteiger partial charge on any atom is -0.342 e. The third-order valence-electron chi connectivity index (χ3n) is 7.54. The maximum atomic E-state index is 14.1. The van der Waals surface area contributed by atoms with Crippen molar-refractivity contribution < 1.29 is 13.6 Å². The van der Waals surface area contributed by atoms with Crippen LogP contribution in [0, 0.1) is 29.9 Å². The third-order valence-corrected chi connectivity index (χ3v) is 7.54. The van der Waals surface area contributed by atoms with Crippen LogP contribution in [0.1, 0.15) is 67.0 Å². The number of aryl methyl sites for hydroxylation is 1. The average molecular weight is 411 g/mol. The maximum Gasteiger partial charge on any atom is 0.226 e. The van der Waals surface area contributed by atoms with Crippen LogP contribution < -0.4 is 0 Å². The standard InChI is InChI=1S/C25H28F2N2O/c1-16-12-17(13-19-21(26)4-2-5-22(19)27)14-23(28-16)18-6-10-29(11-7-18)24(30)20-15-25(20)8-3-9-25/h2,4-5,12,14,18,20H,3,6-11,13,15H2,1H3. The van der Waals surface area contributed by atoms with Crippen molar-refractivity contribution in [3.63, 3.8) is 0 Å². The molecule has 0 radical (unpaired) electrons. The van der Waals surface area contributed by atoms with Gasteiger partial charge in [-0.3, -0.25) is 9.78 Å². The third kappa shape index (κ3) is 3.52. The molecule has 0 bridgehead atoms. The van der Waals surface area contributed by atoms with Crippen molar-refractivity contribution >= 4 is 5.91 Å². The smallest absolute Gasteiger partial charge is 0.226 e. The van der Waals surface area contributed by atoms with Crippen molar-refractivity contribution in [3.05, 3.63) is 64.5 Å². The zero-order chi connectivity index (χ0) is 20.9. The Bertz CT molecular complexity index is 957. The summed E-state index contributed by atoms with van der Waals surface area (Å²) in [6.45, 7) is 3.49. The number of aromatic nitrogens is 1. The number of hydrogen-bond acceptors (Lipinski definition) is 2. The summed E-state index contributed by atoms with van der Waals surface area (Å²) in [5.74, 6) is -0.0949. The van der Waals surface area contributed by atoms with Crippen molar-refractivity contribution in [2.45, 2.75) is 57.8 Å². The molecule has 5 rings (SSSR count). The molecule has 1 amide bonds. The van der Waals surface area contributed by atoms with Crippen LogP contribution in [0.2, 0.25) is 0 Å². The van der Waals surface area contributed by atoms with Gasteiger partial charge in [0, 0.05) is 48.3 Å². The Hall–Kier alpha value is -2.30. The monoisotopic (exact) mass is 410 g/mol. The van der Waals surface area contributed by atoms with E-state index >= 15 is 0 Å². The van der Waals surface area contributed by atoms with E-state index in [0.717, 1.165) is 49.3 Å². The molecule has 2 aliphatic carbocycles. The van der Waals surface area contributed by atoms with Gasteiger partial charge < -0.3 is 4.90 Å². The van der Waals surface area contributed by atoms with Gasteiger partial charge in [0.1, 0.15) is 11.6 Å². The summed E-state index contributed by atoms with van der Waals surface area (Å²) in [5, 5.41) is 0. The van der Waals surface area contributed by atoms with Gasteiger partial charge in [0.15, 0.2) is 0 Å². The fourth-order valence-electron chi connectivity index (χ4n) is 5.48. The molecule has 0 N–H and O–H groups in total. The Morgan fingerprint density at radius 3 is 2.47 bits per heavy atom. The second-order valence-electron chi connectivity index (χ2n) is 9.49. The highest BCUT2D eigenvalue weighted by atomic mass is 19.1. The first-order chi connectivity index (χ1) is 14.4. The Morgan fingerprint density at radius 2 is 1.87 bits per heavy atom. The van der Waals surface area contributed by atoms with E-state index in [9.17, 15) is 13.6 Å². The molecule has 1 unspecified atom stereocenters. The number of nitrogens with zero attached hydrogens (tertiary/aromatic N) is 2. The minimum absolute atomic E-state index is 0.101. The Labute approximate surface area is 176 Å². The van der Waals surface area contributed by atoms with Gasteiger partial charge in [-0.2, -0.15) is 0 Å². The number of benzene rings is 1. The molecule has 158 valence electrons. The van der Waals surface area contributed by atoms with E-state index in [1.54, 1.807) is 0 Å². The molecule has 3 fully saturated rings. The van der Waals surface area contributed by atoms with Crippen molar-refractivity contribution in [1.29, 1.82) is 0 Å². The number of pyridine rings is 1. The predicted molar refractivity (Wildman–Crippen MR) is 111 cm³/mol. The van der Waals surface area contributed by atoms with Gasteiger partial charge in [-0.1, -0.05) is 12.5 Å². The molecule has 1 aromatic heterocycles. The second kappa shape index (κ2) is 7.44. The molecule has 1 spiro atoms. The van der Waals surface area contributed by atoms with Gasteiger partial charge in [-0.15, -0.1) is 0 Å². The summed E-state index contributed by atoms with van der Waals surface area (Å²) in [5.41, 5.74) is 3.20. The summed E-state index contributed by atoms with van der Waals surface area (Å²) < 4.78 is 28.1. The lowest BCUT2D eigenvalue weighted by Gasteiger charge is -2.34. The highest BCUT2D eigenvalue weighted by molar-refractivity contribution is 5.83. The molecule has 5 heteroatoms. The van der Waals surface area contributed by atoms with E-state index in [4.69, 9.17) is 4.98 Å². The number of hydrogen-bond donors (Lipinski definition) is 0. The Morgan fingerprint density at radius 1 is 1.17 bits per heavy atom. The molecule has 30 heavy (non-hydrogen) atoms. The molecule has 2 saturated carbocycles. The zero-order valence-electron chi connectivity index (χ0n) is 17.5. The van der Waals surface area contributed by atoms with E-state index in [0.29, 0.717) is 11.3 Å². The number of piperidine rings is 1. The second-order valence-corrected chi connectivity index (χ2v) is 9.49. The highest BCUT2D eigenvalue weighted by Gasteiger charge is 2.61. The average Bonchev–Trinajstić information content (AvgIpc) is 3.47. The molecule has 1 aliphatic heterocycles. The van der Waals surface area contributed by atoms with Gasteiger partial charge in [0.2, 0.25) is 5.91 Å². The molecule has 2 aromatic rings. The van der Waals surface area contributed by atoms with Crippen molar-refractivity contribution in [2.24, 2.45) is 11.3 Å². The molecule has 3 nitrogen and oxygen atoms in total. The van der Waals surface area contributed by atoms with Crippen LogP contribution in [-0.4, -0.2) is 28.9 Å². The first kappa shape index (κ1) is 19.7. The normalized spacial score (nSPS) is 22.8. The van der Waals surface area contributed by atoms with Crippen LogP contribution in [0.25, 0.3) is 0 Å². The topological polar surface area (TPSA) is 33.2 Å². The van der Waals surface area contributed by atoms with E-state index in [2.05, 4.69) is 4.90 Å². The summed E-state index contributed by atoms with van der Waals surface area (Å²) in [6.07, 6.45) is 6.86. The molecule has 2 heterocycles. The van der Waals surface area contributed by atoms with Crippen LogP contribution in [-0.2, 0) is 11.2 Å². The highest BCUT2D eigenvalue weighted by Crippen LogP contribution is 2.66. The largest absolute Gasteiger partial charge is 0.342 e. The molecule has 3 aliphatic rings. The summed E-state index contributed by atoms with van der Waals surface area (Å²) in [4.78, 5) is 19.6. The Kier molecular flexibility index (Phi) is 4.87. The van der Waals surface area contributed by atoms with E-state index < -0.39 is 11.6 Å². The molecular weight excluding hydrogens is 382 g/mol. The van der Waals surface area contributed by atoms with Crippen LogP contribution in [0.4, 0.5) is 8.78 Å². The molecule has 1 atom stereocenters. The van der Waals surface area contributed by atoms with Gasteiger partial charge in [-0.05, 0) is 74.3 Å². The maximum absolute atomic E-state index is 14.1. The van der Waals surface area contributed by atoms with E-state index in [1.807, 2.05) is 19.1 Å². The number of carbonyl (C=O) groups is 1. The van der Waals surface area contributed by atoms with Gasteiger partial charge in [-0.25, -0.2) is 8.78 Å². The van der Waals surface area contributed by atoms with Gasteiger partial charge in [0.25, 0.3) is 0 Å². The van der Waals surface area contributed by atoms with Crippen LogP contribution >= 0.6 is 0 Å². The minimum atomic E-state index is -0.512. The summed E-state index contributed by atoms with van der Waals surface area (Å²) >= 11 is 0. The van der Waals surface area contributed by atoms with Crippen molar-refractivity contribution in [2.75, 3.05) is 13.1 Å². The molecule has 1 aromatic carbocycles. The van der Waals surface area contributed by atoms with Crippen LogP contribution in [0.3, 0.4) is 0 Å². The Balaban J connectivity index is 1.26. The van der Waals surface area contributed by atoms with Crippen LogP contribution in [0.15, 0.2) is 30.3 Å². The lowest BCUT2D eigenvalue weighted by Crippen LogP contribution is -2.40. The van der Waals surface area contributed by atoms with Crippen molar-refractivity contribution in [1.82, 2.24) is 9.88 Å². The van der Waals surface area contributed by atoms with Crippen molar-refractivity contribution in [3.8, 4) is 0 Å². The molecular formula is C25H28F2N2O. The quantitative estimate of drug-likeness (QED) is 0.698. The van der Waals surface area contributed by atoms with Gasteiger partial charge >= 0.3 is 0 Å². The molecule has 1 saturated heterocycles. The summed E-state index contributed by atoms with van der Waals surface area (Å²) in [7, 11) is 0. The number of rotatable bonds is 4. The van der Waals surface area contributed by atoms with Gasteiger partial charge in [0.05, 0.1) is 0 Å². The first-order valence-electron chi connectivity index (χ1n) is 11.1. The first-order valence-corrected chi connectivity index (χ1v) is 11.1. The lowest BCUT2D eigenvalue weighted by atomic mass is 9.79. The lowest BCUT2D eigenvalue weighted by molar-refractivity contribution is -0.135. The number of carbonyl (C=O) groups excluding carboxylic acids is 1. The fourth-order valence-corrected chi connectivity index (χ4v) is 5.48. The number of halogens is 2. The van der Waals surface area contributed by atoms with E-state index in [-0.39, 0.29) is 23.8 Å². The number of amides is 1. The zero-order valence-corrected chi connectivity index (χ0v) is 17.5. The summed E-state index contributed by atoms with van der Waals surface area (Å²) in [6, 6.07) is 7.88.